The number of amides is 1. The normalized spacial score (nSPS) is 11.8. The first kappa shape index (κ1) is 16.3. The van der Waals surface area contributed by atoms with Gasteiger partial charge in [-0.15, -0.1) is 0 Å². The lowest BCUT2D eigenvalue weighted by atomic mass is 10.2. The zero-order chi connectivity index (χ0) is 15.9. The molecule has 0 aromatic heterocycles. The van der Waals surface area contributed by atoms with Crippen molar-refractivity contribution in [3.05, 3.63) is 64.9 Å². The van der Waals surface area contributed by atoms with E-state index in [1.807, 2.05) is 18.2 Å². The van der Waals surface area contributed by atoms with Crippen LogP contribution in [-0.2, 0) is 11.3 Å². The second kappa shape index (κ2) is 7.80. The Morgan fingerprint density at radius 1 is 1.23 bits per heavy atom. The molecule has 1 N–H and O–H groups in total. The van der Waals surface area contributed by atoms with Crippen LogP contribution >= 0.6 is 11.6 Å². The van der Waals surface area contributed by atoms with Gasteiger partial charge in [0.25, 0.3) is 5.91 Å². The highest BCUT2D eigenvalue weighted by molar-refractivity contribution is 6.31. The molecule has 0 saturated carbocycles. The SMILES string of the molecule is CC[C@H](Oc1ccccc1F)C(=O)NCc1ccccc1Cl. The van der Waals surface area contributed by atoms with Crippen molar-refractivity contribution in [3.8, 4) is 5.75 Å². The quantitative estimate of drug-likeness (QED) is 0.874. The Morgan fingerprint density at radius 3 is 2.59 bits per heavy atom. The lowest BCUT2D eigenvalue weighted by Gasteiger charge is -2.17. The predicted molar refractivity (Wildman–Crippen MR) is 84.4 cm³/mol. The molecular formula is C17H17ClFNO2. The summed E-state index contributed by atoms with van der Waals surface area (Å²) in [6, 6.07) is 13.3. The number of carbonyl (C=O) groups excluding carboxylic acids is 1. The highest BCUT2D eigenvalue weighted by atomic mass is 35.5. The van der Waals surface area contributed by atoms with Crippen LogP contribution in [0.25, 0.3) is 0 Å². The van der Waals surface area contributed by atoms with Crippen molar-refractivity contribution in [1.82, 2.24) is 5.32 Å². The van der Waals surface area contributed by atoms with E-state index < -0.39 is 11.9 Å². The average Bonchev–Trinajstić information content (AvgIpc) is 2.53. The molecule has 0 fully saturated rings. The number of para-hydroxylation sites is 1. The van der Waals surface area contributed by atoms with Crippen LogP contribution in [0.5, 0.6) is 5.75 Å². The number of nitrogens with one attached hydrogen (secondary N) is 1. The van der Waals surface area contributed by atoms with Crippen LogP contribution in [-0.4, -0.2) is 12.0 Å². The van der Waals surface area contributed by atoms with Crippen molar-refractivity contribution < 1.29 is 13.9 Å². The minimum absolute atomic E-state index is 0.0715. The monoisotopic (exact) mass is 321 g/mol. The van der Waals surface area contributed by atoms with Gasteiger partial charge < -0.3 is 10.1 Å². The van der Waals surface area contributed by atoms with Crippen molar-refractivity contribution >= 4 is 17.5 Å². The number of hydrogen-bond donors (Lipinski definition) is 1. The highest BCUT2D eigenvalue weighted by Gasteiger charge is 2.19. The third-order valence-corrected chi connectivity index (χ3v) is 3.55. The van der Waals surface area contributed by atoms with Gasteiger partial charge in [0.05, 0.1) is 0 Å². The fourth-order valence-corrected chi connectivity index (χ4v) is 2.16. The molecule has 116 valence electrons. The molecule has 0 spiro atoms. The van der Waals surface area contributed by atoms with E-state index in [0.717, 1.165) is 5.56 Å². The third kappa shape index (κ3) is 4.21. The van der Waals surface area contributed by atoms with Gasteiger partial charge in [0.15, 0.2) is 17.7 Å². The van der Waals surface area contributed by atoms with Crippen LogP contribution < -0.4 is 10.1 Å². The highest BCUT2D eigenvalue weighted by Crippen LogP contribution is 2.18. The smallest absolute Gasteiger partial charge is 0.261 e. The molecule has 22 heavy (non-hydrogen) atoms. The lowest BCUT2D eigenvalue weighted by molar-refractivity contribution is -0.128. The fourth-order valence-electron chi connectivity index (χ4n) is 1.95. The molecule has 2 aromatic carbocycles. The first-order valence-corrected chi connectivity index (χ1v) is 7.42. The van der Waals surface area contributed by atoms with Gasteiger partial charge in [-0.25, -0.2) is 4.39 Å². The maximum Gasteiger partial charge on any atom is 0.261 e. The first-order chi connectivity index (χ1) is 10.6. The van der Waals surface area contributed by atoms with Crippen LogP contribution in [0.3, 0.4) is 0 Å². The number of hydrogen-bond acceptors (Lipinski definition) is 2. The molecule has 0 aliphatic carbocycles. The molecule has 0 saturated heterocycles. The van der Waals surface area contributed by atoms with Gasteiger partial charge in [-0.2, -0.15) is 0 Å². The van der Waals surface area contributed by atoms with Gasteiger partial charge in [0.1, 0.15) is 0 Å². The van der Waals surface area contributed by atoms with Gasteiger partial charge in [-0.05, 0) is 30.2 Å². The molecule has 3 nitrogen and oxygen atoms in total. The Balaban J connectivity index is 1.98. The molecule has 1 atom stereocenters. The van der Waals surface area contributed by atoms with E-state index in [1.54, 1.807) is 25.1 Å². The molecule has 0 unspecified atom stereocenters. The number of ether oxygens (including phenoxy) is 1. The zero-order valence-electron chi connectivity index (χ0n) is 12.2. The van der Waals surface area contributed by atoms with Crippen molar-refractivity contribution in [2.24, 2.45) is 0 Å². The fraction of sp³-hybridized carbons (Fsp3) is 0.235. The molecule has 0 bridgehead atoms. The molecule has 1 amide bonds. The average molecular weight is 322 g/mol. The Morgan fingerprint density at radius 2 is 1.91 bits per heavy atom. The van der Waals surface area contributed by atoms with Crippen molar-refractivity contribution in [2.75, 3.05) is 0 Å². The van der Waals surface area contributed by atoms with E-state index in [1.165, 1.54) is 12.1 Å². The molecular weight excluding hydrogens is 305 g/mol. The summed E-state index contributed by atoms with van der Waals surface area (Å²) in [5.74, 6) is -0.715. The number of carbonyl (C=O) groups is 1. The maximum absolute atomic E-state index is 13.6. The molecule has 0 aliphatic heterocycles. The van der Waals surface area contributed by atoms with Gasteiger partial charge in [0.2, 0.25) is 0 Å². The Bertz CT molecular complexity index is 648. The van der Waals surface area contributed by atoms with E-state index in [4.69, 9.17) is 16.3 Å². The topological polar surface area (TPSA) is 38.3 Å². The summed E-state index contributed by atoms with van der Waals surface area (Å²) in [6.07, 6.45) is -0.317. The Labute approximate surface area is 134 Å². The standard InChI is InChI=1S/C17H17ClFNO2/c1-2-15(22-16-10-6-5-9-14(16)19)17(21)20-11-12-7-3-4-8-13(12)18/h3-10,15H,2,11H2,1H3,(H,20,21)/t15-/m0/s1. The van der Waals surface area contributed by atoms with Crippen LogP contribution in [0.15, 0.2) is 48.5 Å². The minimum Gasteiger partial charge on any atom is -0.478 e. The van der Waals surface area contributed by atoms with E-state index in [0.29, 0.717) is 18.0 Å². The van der Waals surface area contributed by atoms with E-state index >= 15 is 0 Å². The number of rotatable bonds is 6. The Kier molecular flexibility index (Phi) is 5.78. The van der Waals surface area contributed by atoms with Gasteiger partial charge in [0, 0.05) is 11.6 Å². The summed E-state index contributed by atoms with van der Waals surface area (Å²) in [7, 11) is 0. The summed E-state index contributed by atoms with van der Waals surface area (Å²) >= 11 is 6.04. The van der Waals surface area contributed by atoms with E-state index in [9.17, 15) is 9.18 Å². The lowest BCUT2D eigenvalue weighted by Crippen LogP contribution is -2.37. The van der Waals surface area contributed by atoms with E-state index in [2.05, 4.69) is 5.32 Å². The number of halogens is 2. The largest absolute Gasteiger partial charge is 0.478 e. The van der Waals surface area contributed by atoms with Crippen molar-refractivity contribution in [3.63, 3.8) is 0 Å². The molecule has 0 radical (unpaired) electrons. The molecule has 2 aromatic rings. The molecule has 0 heterocycles. The Hall–Kier alpha value is -2.07. The molecule has 0 aliphatic rings. The van der Waals surface area contributed by atoms with Crippen molar-refractivity contribution in [2.45, 2.75) is 26.0 Å². The zero-order valence-corrected chi connectivity index (χ0v) is 12.9. The summed E-state index contributed by atoms with van der Waals surface area (Å²) in [5.41, 5.74) is 0.818. The van der Waals surface area contributed by atoms with Crippen LogP contribution in [0.2, 0.25) is 5.02 Å². The third-order valence-electron chi connectivity index (χ3n) is 3.18. The summed E-state index contributed by atoms with van der Waals surface area (Å²) < 4.78 is 19.0. The summed E-state index contributed by atoms with van der Waals surface area (Å²) in [6.45, 7) is 2.11. The second-order valence-corrected chi connectivity index (χ2v) is 5.16. The predicted octanol–water partition coefficient (Wildman–Crippen LogP) is 3.95. The van der Waals surface area contributed by atoms with Gasteiger partial charge >= 0.3 is 0 Å². The van der Waals surface area contributed by atoms with Gasteiger partial charge in [-0.1, -0.05) is 48.9 Å². The summed E-state index contributed by atoms with van der Waals surface area (Å²) in [5, 5.41) is 3.35. The van der Waals surface area contributed by atoms with Crippen LogP contribution in [0.1, 0.15) is 18.9 Å². The first-order valence-electron chi connectivity index (χ1n) is 7.04. The van der Waals surface area contributed by atoms with Gasteiger partial charge in [-0.3, -0.25) is 4.79 Å². The second-order valence-electron chi connectivity index (χ2n) is 4.75. The number of benzene rings is 2. The molecule has 5 heteroatoms. The van der Waals surface area contributed by atoms with Crippen LogP contribution in [0, 0.1) is 5.82 Å². The summed E-state index contributed by atoms with van der Waals surface area (Å²) in [4.78, 5) is 12.2. The molecule has 2 rings (SSSR count). The maximum atomic E-state index is 13.6. The van der Waals surface area contributed by atoms with Crippen molar-refractivity contribution in [1.29, 1.82) is 0 Å². The van der Waals surface area contributed by atoms with Crippen LogP contribution in [0.4, 0.5) is 4.39 Å². The van der Waals surface area contributed by atoms with E-state index in [-0.39, 0.29) is 11.7 Å². The minimum atomic E-state index is -0.751.